The second kappa shape index (κ2) is 11.6. The van der Waals surface area contributed by atoms with E-state index in [1.807, 2.05) is 0 Å². The van der Waals surface area contributed by atoms with Crippen LogP contribution in [0.3, 0.4) is 0 Å². The minimum absolute atomic E-state index is 0. The SMILES string of the molecule is CCNC(=NCCNC(=O)c1cccnc1)N1CCC(c2ccccc2)C1.I. The molecule has 1 fully saturated rings. The zero-order chi connectivity index (χ0) is 18.9. The van der Waals surface area contributed by atoms with Crippen molar-refractivity contribution in [2.24, 2.45) is 4.99 Å². The van der Waals surface area contributed by atoms with Gasteiger partial charge in [-0.2, -0.15) is 0 Å². The van der Waals surface area contributed by atoms with Crippen molar-refractivity contribution in [3.8, 4) is 0 Å². The number of aromatic nitrogens is 1. The summed E-state index contributed by atoms with van der Waals surface area (Å²) in [6.07, 6.45) is 4.35. The van der Waals surface area contributed by atoms with E-state index >= 15 is 0 Å². The second-order valence-corrected chi connectivity index (χ2v) is 6.58. The molecule has 1 aromatic carbocycles. The first-order valence-electron chi connectivity index (χ1n) is 9.54. The molecule has 1 amide bonds. The second-order valence-electron chi connectivity index (χ2n) is 6.58. The molecule has 0 radical (unpaired) electrons. The van der Waals surface area contributed by atoms with Crippen molar-refractivity contribution >= 4 is 35.8 Å². The van der Waals surface area contributed by atoms with Crippen LogP contribution in [0.5, 0.6) is 0 Å². The number of guanidine groups is 1. The molecule has 6 nitrogen and oxygen atoms in total. The molecule has 1 saturated heterocycles. The molecule has 0 bridgehead atoms. The van der Waals surface area contributed by atoms with Crippen LogP contribution in [-0.4, -0.2) is 54.5 Å². The van der Waals surface area contributed by atoms with Crippen LogP contribution in [-0.2, 0) is 0 Å². The topological polar surface area (TPSA) is 69.6 Å². The normalized spacial score (nSPS) is 16.4. The molecule has 2 aromatic rings. The highest BCUT2D eigenvalue weighted by molar-refractivity contribution is 14.0. The number of carbonyl (C=O) groups is 1. The molecule has 2 N–H and O–H groups in total. The van der Waals surface area contributed by atoms with E-state index in [4.69, 9.17) is 4.99 Å². The molecule has 1 unspecified atom stereocenters. The van der Waals surface area contributed by atoms with E-state index in [0.29, 0.717) is 24.6 Å². The van der Waals surface area contributed by atoms with Gasteiger partial charge in [-0.1, -0.05) is 30.3 Å². The van der Waals surface area contributed by atoms with Crippen molar-refractivity contribution in [2.45, 2.75) is 19.3 Å². The highest BCUT2D eigenvalue weighted by Crippen LogP contribution is 2.26. The molecule has 0 saturated carbocycles. The fraction of sp³-hybridized carbons (Fsp3) is 0.381. The number of halogens is 1. The Morgan fingerprint density at radius 2 is 2.04 bits per heavy atom. The molecule has 0 aliphatic carbocycles. The molecule has 0 spiro atoms. The first-order valence-corrected chi connectivity index (χ1v) is 9.54. The van der Waals surface area contributed by atoms with Crippen molar-refractivity contribution in [2.75, 3.05) is 32.7 Å². The first-order chi connectivity index (χ1) is 13.3. The summed E-state index contributed by atoms with van der Waals surface area (Å²) in [7, 11) is 0. The number of rotatable bonds is 6. The Bertz CT molecular complexity index is 754. The third kappa shape index (κ3) is 6.19. The van der Waals surface area contributed by atoms with E-state index in [1.165, 1.54) is 5.56 Å². The molecular formula is C21H28IN5O. The van der Waals surface area contributed by atoms with Crippen molar-refractivity contribution in [1.29, 1.82) is 0 Å². The zero-order valence-corrected chi connectivity index (χ0v) is 18.5. The third-order valence-corrected chi connectivity index (χ3v) is 4.68. The lowest BCUT2D eigenvalue weighted by atomic mass is 9.99. The summed E-state index contributed by atoms with van der Waals surface area (Å²) in [6, 6.07) is 14.2. The average molecular weight is 493 g/mol. The Labute approximate surface area is 183 Å². The maximum absolute atomic E-state index is 12.0. The summed E-state index contributed by atoms with van der Waals surface area (Å²) in [5, 5.41) is 6.26. The van der Waals surface area contributed by atoms with Crippen LogP contribution in [0.2, 0.25) is 0 Å². The Kier molecular flexibility index (Phi) is 9.19. The van der Waals surface area contributed by atoms with Gasteiger partial charge < -0.3 is 15.5 Å². The number of pyridine rings is 1. The minimum atomic E-state index is -0.117. The molecular weight excluding hydrogens is 465 g/mol. The Hall–Kier alpha value is -2.16. The number of hydrogen-bond donors (Lipinski definition) is 2. The number of aliphatic imine (C=N–C) groups is 1. The van der Waals surface area contributed by atoms with Gasteiger partial charge in [0.25, 0.3) is 5.91 Å². The van der Waals surface area contributed by atoms with Crippen LogP contribution < -0.4 is 10.6 Å². The van der Waals surface area contributed by atoms with E-state index in [1.54, 1.807) is 24.5 Å². The average Bonchev–Trinajstić information content (AvgIpc) is 3.21. The number of amides is 1. The quantitative estimate of drug-likeness (QED) is 0.281. The Morgan fingerprint density at radius 1 is 1.21 bits per heavy atom. The summed E-state index contributed by atoms with van der Waals surface area (Å²) in [4.78, 5) is 23.0. The molecule has 150 valence electrons. The maximum Gasteiger partial charge on any atom is 0.252 e. The summed E-state index contributed by atoms with van der Waals surface area (Å²) < 4.78 is 0. The van der Waals surface area contributed by atoms with E-state index in [0.717, 1.165) is 32.0 Å². The number of benzene rings is 1. The lowest BCUT2D eigenvalue weighted by Gasteiger charge is -2.21. The summed E-state index contributed by atoms with van der Waals surface area (Å²) in [5.41, 5.74) is 1.96. The fourth-order valence-electron chi connectivity index (χ4n) is 3.31. The lowest BCUT2D eigenvalue weighted by molar-refractivity contribution is 0.0954. The van der Waals surface area contributed by atoms with E-state index in [2.05, 4.69) is 57.8 Å². The van der Waals surface area contributed by atoms with Gasteiger partial charge in [0, 0.05) is 44.5 Å². The van der Waals surface area contributed by atoms with Gasteiger partial charge >= 0.3 is 0 Å². The van der Waals surface area contributed by atoms with Crippen molar-refractivity contribution in [3.05, 3.63) is 66.0 Å². The standard InChI is InChI=1S/C21H27N5O.HI/c1-2-23-21(25-13-12-24-20(27)18-9-6-11-22-15-18)26-14-10-19(16-26)17-7-4-3-5-8-17;/h3-9,11,15,19H,2,10,12-14,16H2,1H3,(H,23,25)(H,24,27);1H. The predicted octanol–water partition coefficient (Wildman–Crippen LogP) is 2.88. The van der Waals surface area contributed by atoms with E-state index in [-0.39, 0.29) is 29.9 Å². The van der Waals surface area contributed by atoms with Crippen LogP contribution in [0.1, 0.15) is 35.2 Å². The van der Waals surface area contributed by atoms with Gasteiger partial charge in [0.05, 0.1) is 12.1 Å². The lowest BCUT2D eigenvalue weighted by Crippen LogP contribution is -2.40. The maximum atomic E-state index is 12.0. The molecule has 7 heteroatoms. The van der Waals surface area contributed by atoms with Crippen molar-refractivity contribution in [1.82, 2.24) is 20.5 Å². The van der Waals surface area contributed by atoms with Crippen LogP contribution in [0.15, 0.2) is 59.9 Å². The predicted molar refractivity (Wildman–Crippen MR) is 123 cm³/mol. The monoisotopic (exact) mass is 493 g/mol. The van der Waals surface area contributed by atoms with E-state index in [9.17, 15) is 4.79 Å². The number of carbonyl (C=O) groups excluding carboxylic acids is 1. The highest BCUT2D eigenvalue weighted by atomic mass is 127. The van der Waals surface area contributed by atoms with Gasteiger partial charge in [-0.3, -0.25) is 14.8 Å². The Morgan fingerprint density at radius 3 is 2.75 bits per heavy atom. The van der Waals surface area contributed by atoms with Gasteiger partial charge in [-0.05, 0) is 31.0 Å². The molecule has 1 atom stereocenters. The summed E-state index contributed by atoms with van der Waals surface area (Å²) >= 11 is 0. The van der Waals surface area contributed by atoms with Gasteiger partial charge in [0.1, 0.15) is 0 Å². The summed E-state index contributed by atoms with van der Waals surface area (Å²) in [6.45, 7) is 5.91. The van der Waals surface area contributed by atoms with Gasteiger partial charge in [0.2, 0.25) is 0 Å². The van der Waals surface area contributed by atoms with Crippen molar-refractivity contribution < 1.29 is 4.79 Å². The first kappa shape index (κ1) is 22.1. The van der Waals surface area contributed by atoms with Crippen LogP contribution in [0.25, 0.3) is 0 Å². The molecule has 28 heavy (non-hydrogen) atoms. The van der Waals surface area contributed by atoms with E-state index < -0.39 is 0 Å². The van der Waals surface area contributed by atoms with Crippen LogP contribution in [0.4, 0.5) is 0 Å². The minimum Gasteiger partial charge on any atom is -0.357 e. The van der Waals surface area contributed by atoms with Crippen molar-refractivity contribution in [3.63, 3.8) is 0 Å². The summed E-state index contributed by atoms with van der Waals surface area (Å²) in [5.74, 6) is 1.35. The highest BCUT2D eigenvalue weighted by Gasteiger charge is 2.25. The van der Waals surface area contributed by atoms with Gasteiger partial charge in [-0.25, -0.2) is 0 Å². The molecule has 1 aliphatic heterocycles. The number of likely N-dealkylation sites (tertiary alicyclic amines) is 1. The number of nitrogens with zero attached hydrogens (tertiary/aromatic N) is 3. The third-order valence-electron chi connectivity index (χ3n) is 4.68. The number of hydrogen-bond acceptors (Lipinski definition) is 3. The molecule has 1 aliphatic rings. The van der Waals surface area contributed by atoms with Crippen LogP contribution >= 0.6 is 24.0 Å². The van der Waals surface area contributed by atoms with Gasteiger partial charge in [0.15, 0.2) is 5.96 Å². The van der Waals surface area contributed by atoms with Crippen LogP contribution in [0, 0.1) is 0 Å². The van der Waals surface area contributed by atoms with Gasteiger partial charge in [-0.15, -0.1) is 24.0 Å². The smallest absolute Gasteiger partial charge is 0.252 e. The number of nitrogens with one attached hydrogen (secondary N) is 2. The molecule has 3 rings (SSSR count). The molecule has 1 aromatic heterocycles. The fourth-order valence-corrected chi connectivity index (χ4v) is 3.31. The zero-order valence-electron chi connectivity index (χ0n) is 16.2. The Balaban J connectivity index is 0.00000280. The largest absolute Gasteiger partial charge is 0.357 e. The molecule has 2 heterocycles.